The summed E-state index contributed by atoms with van der Waals surface area (Å²) in [6.45, 7) is 1.67. The van der Waals surface area contributed by atoms with E-state index < -0.39 is 6.10 Å². The average Bonchev–Trinajstić information content (AvgIpc) is 2.41. The normalized spacial score (nSPS) is 11.7. The highest BCUT2D eigenvalue weighted by Crippen LogP contribution is 2.31. The lowest BCUT2D eigenvalue weighted by Crippen LogP contribution is -1.92. The number of ether oxygens (including phenoxy) is 1. The maximum absolute atomic E-state index is 9.46. The number of aliphatic hydroxyl groups is 1. The molecular weight excluding hydrogens is 262 g/mol. The van der Waals surface area contributed by atoms with E-state index in [0.717, 1.165) is 5.56 Å². The molecule has 0 fully saturated rings. The molecule has 0 bridgehead atoms. The van der Waals surface area contributed by atoms with Crippen LogP contribution in [0.15, 0.2) is 42.5 Å². The summed E-state index contributed by atoms with van der Waals surface area (Å²) in [5, 5.41) is 18.7. The van der Waals surface area contributed by atoms with Crippen LogP contribution in [-0.4, -0.2) is 5.11 Å². The topological polar surface area (TPSA) is 53.2 Å². The van der Waals surface area contributed by atoms with Crippen molar-refractivity contribution >= 4 is 11.6 Å². The zero-order chi connectivity index (χ0) is 13.8. The second kappa shape index (κ2) is 5.75. The van der Waals surface area contributed by atoms with Crippen LogP contribution in [0.4, 0.5) is 0 Å². The molecule has 0 aliphatic rings. The van der Waals surface area contributed by atoms with Crippen molar-refractivity contribution in [1.29, 1.82) is 5.26 Å². The molecule has 2 rings (SSSR count). The van der Waals surface area contributed by atoms with E-state index in [1.807, 2.05) is 6.07 Å². The number of nitriles is 1. The van der Waals surface area contributed by atoms with Crippen LogP contribution in [0.5, 0.6) is 11.5 Å². The summed E-state index contributed by atoms with van der Waals surface area (Å²) < 4.78 is 5.62. The Morgan fingerprint density at radius 3 is 2.68 bits per heavy atom. The number of hydrogen-bond acceptors (Lipinski definition) is 3. The minimum Gasteiger partial charge on any atom is -0.456 e. The van der Waals surface area contributed by atoms with E-state index in [2.05, 4.69) is 0 Å². The zero-order valence-corrected chi connectivity index (χ0v) is 11.1. The average molecular weight is 274 g/mol. The van der Waals surface area contributed by atoms with Crippen molar-refractivity contribution in [2.45, 2.75) is 13.0 Å². The molecule has 0 saturated carbocycles. The van der Waals surface area contributed by atoms with E-state index in [1.165, 1.54) is 0 Å². The van der Waals surface area contributed by atoms with E-state index in [-0.39, 0.29) is 0 Å². The number of aliphatic hydroxyl groups excluding tert-OH is 1. The van der Waals surface area contributed by atoms with Crippen LogP contribution in [-0.2, 0) is 0 Å². The van der Waals surface area contributed by atoms with Gasteiger partial charge in [-0.3, -0.25) is 0 Å². The summed E-state index contributed by atoms with van der Waals surface area (Å²) in [4.78, 5) is 0. The molecule has 1 atom stereocenters. The quantitative estimate of drug-likeness (QED) is 0.917. The number of benzene rings is 2. The van der Waals surface area contributed by atoms with Crippen LogP contribution in [0.25, 0.3) is 0 Å². The number of rotatable bonds is 3. The largest absolute Gasteiger partial charge is 0.456 e. The minimum atomic E-state index is -0.575. The molecule has 0 aliphatic carbocycles. The number of hydrogen-bond donors (Lipinski definition) is 1. The van der Waals surface area contributed by atoms with Gasteiger partial charge in [-0.1, -0.05) is 23.7 Å². The molecule has 19 heavy (non-hydrogen) atoms. The third kappa shape index (κ3) is 3.25. The summed E-state index contributed by atoms with van der Waals surface area (Å²) in [5.41, 5.74) is 1.25. The Kier molecular flexibility index (Phi) is 4.06. The first-order valence-corrected chi connectivity index (χ1v) is 6.13. The molecule has 0 radical (unpaired) electrons. The molecule has 0 amide bonds. The van der Waals surface area contributed by atoms with Gasteiger partial charge >= 0.3 is 0 Å². The molecule has 1 N–H and O–H groups in total. The highest BCUT2D eigenvalue weighted by atomic mass is 35.5. The molecule has 0 aliphatic heterocycles. The standard InChI is InChI=1S/C15H12ClNO2/c1-10(18)12-5-6-15(14(16)8-12)19-13-4-2-3-11(7-13)9-17/h2-8,10,18H,1H3/t10-/m1/s1. The predicted octanol–water partition coefficient (Wildman–Crippen LogP) is 4.06. The Bertz CT molecular complexity index is 632. The fourth-order valence-electron chi connectivity index (χ4n) is 1.62. The van der Waals surface area contributed by atoms with Crippen LogP contribution >= 0.6 is 11.6 Å². The lowest BCUT2D eigenvalue weighted by atomic mass is 10.1. The maximum atomic E-state index is 9.46. The van der Waals surface area contributed by atoms with Gasteiger partial charge in [-0.05, 0) is 42.8 Å². The first kappa shape index (κ1) is 13.4. The van der Waals surface area contributed by atoms with E-state index in [1.54, 1.807) is 49.4 Å². The van der Waals surface area contributed by atoms with Gasteiger partial charge in [0.2, 0.25) is 0 Å². The molecule has 2 aromatic carbocycles. The van der Waals surface area contributed by atoms with Crippen LogP contribution in [0.2, 0.25) is 5.02 Å². The Hall–Kier alpha value is -2.02. The third-order valence-electron chi connectivity index (χ3n) is 2.63. The fourth-order valence-corrected chi connectivity index (χ4v) is 1.84. The Morgan fingerprint density at radius 2 is 2.05 bits per heavy atom. The van der Waals surface area contributed by atoms with Crippen LogP contribution < -0.4 is 4.74 Å². The highest BCUT2D eigenvalue weighted by Gasteiger charge is 2.07. The van der Waals surface area contributed by atoms with Gasteiger partial charge in [0.25, 0.3) is 0 Å². The van der Waals surface area contributed by atoms with Gasteiger partial charge in [-0.2, -0.15) is 5.26 Å². The zero-order valence-electron chi connectivity index (χ0n) is 10.3. The van der Waals surface area contributed by atoms with E-state index in [0.29, 0.717) is 22.1 Å². The van der Waals surface area contributed by atoms with Gasteiger partial charge in [0, 0.05) is 0 Å². The molecule has 0 aromatic heterocycles. The van der Waals surface area contributed by atoms with Crippen molar-refractivity contribution in [3.05, 3.63) is 58.6 Å². The van der Waals surface area contributed by atoms with Crippen LogP contribution in [0.1, 0.15) is 24.2 Å². The smallest absolute Gasteiger partial charge is 0.146 e. The van der Waals surface area contributed by atoms with Gasteiger partial charge in [0.1, 0.15) is 11.5 Å². The first-order chi connectivity index (χ1) is 9.10. The second-order valence-corrected chi connectivity index (χ2v) is 4.51. The molecule has 96 valence electrons. The van der Waals surface area contributed by atoms with Crippen molar-refractivity contribution in [3.8, 4) is 17.6 Å². The van der Waals surface area contributed by atoms with E-state index in [4.69, 9.17) is 21.6 Å². The van der Waals surface area contributed by atoms with Gasteiger partial charge < -0.3 is 9.84 Å². The fraction of sp³-hybridized carbons (Fsp3) is 0.133. The van der Waals surface area contributed by atoms with Crippen LogP contribution in [0.3, 0.4) is 0 Å². The van der Waals surface area contributed by atoms with Gasteiger partial charge in [0.05, 0.1) is 22.8 Å². The van der Waals surface area contributed by atoms with Crippen molar-refractivity contribution in [2.75, 3.05) is 0 Å². The van der Waals surface area contributed by atoms with E-state index >= 15 is 0 Å². The van der Waals surface area contributed by atoms with Gasteiger partial charge in [-0.15, -0.1) is 0 Å². The summed E-state index contributed by atoms with van der Waals surface area (Å²) in [6.07, 6.45) is -0.575. The van der Waals surface area contributed by atoms with Gasteiger partial charge in [0.15, 0.2) is 0 Å². The third-order valence-corrected chi connectivity index (χ3v) is 2.92. The molecule has 4 heteroatoms. The first-order valence-electron chi connectivity index (χ1n) is 5.75. The van der Waals surface area contributed by atoms with Crippen LogP contribution in [0, 0.1) is 11.3 Å². The summed E-state index contributed by atoms with van der Waals surface area (Å²) in [6, 6.07) is 14.0. The maximum Gasteiger partial charge on any atom is 0.146 e. The Labute approximate surface area is 116 Å². The lowest BCUT2D eigenvalue weighted by molar-refractivity contribution is 0.199. The molecule has 3 nitrogen and oxygen atoms in total. The monoisotopic (exact) mass is 273 g/mol. The number of nitrogens with zero attached hydrogens (tertiary/aromatic N) is 1. The molecule has 0 heterocycles. The number of halogens is 1. The predicted molar refractivity (Wildman–Crippen MR) is 73.3 cm³/mol. The van der Waals surface area contributed by atoms with Gasteiger partial charge in [-0.25, -0.2) is 0 Å². The molecule has 2 aromatic rings. The Morgan fingerprint density at radius 1 is 1.26 bits per heavy atom. The van der Waals surface area contributed by atoms with E-state index in [9.17, 15) is 5.11 Å². The molecule has 0 unspecified atom stereocenters. The van der Waals surface area contributed by atoms with Crippen molar-refractivity contribution in [2.24, 2.45) is 0 Å². The lowest BCUT2D eigenvalue weighted by Gasteiger charge is -2.10. The minimum absolute atomic E-state index is 0.417. The molecule has 0 saturated heterocycles. The Balaban J connectivity index is 2.26. The van der Waals surface area contributed by atoms with Crippen molar-refractivity contribution < 1.29 is 9.84 Å². The summed E-state index contributed by atoms with van der Waals surface area (Å²) in [5.74, 6) is 1.03. The summed E-state index contributed by atoms with van der Waals surface area (Å²) >= 11 is 6.10. The molecule has 0 spiro atoms. The molecular formula is C15H12ClNO2. The SMILES string of the molecule is C[C@@H](O)c1ccc(Oc2cccc(C#N)c2)c(Cl)c1. The van der Waals surface area contributed by atoms with Crippen molar-refractivity contribution in [3.63, 3.8) is 0 Å². The highest BCUT2D eigenvalue weighted by molar-refractivity contribution is 6.32. The second-order valence-electron chi connectivity index (χ2n) is 4.11. The summed E-state index contributed by atoms with van der Waals surface area (Å²) in [7, 11) is 0. The van der Waals surface area contributed by atoms with Crippen molar-refractivity contribution in [1.82, 2.24) is 0 Å².